The number of nitrogens with one attached hydrogen (secondary N) is 1. The molecule has 134 valence electrons. The third-order valence-corrected chi connectivity index (χ3v) is 4.41. The van der Waals surface area contributed by atoms with Crippen molar-refractivity contribution in [2.45, 2.75) is 6.10 Å². The quantitative estimate of drug-likeness (QED) is 0.691. The Labute approximate surface area is 158 Å². The van der Waals surface area contributed by atoms with E-state index in [1.54, 1.807) is 24.3 Å². The summed E-state index contributed by atoms with van der Waals surface area (Å²) in [6.07, 6.45) is 0.376. The second-order valence-corrected chi connectivity index (χ2v) is 6.28. The maximum absolute atomic E-state index is 13.5. The fraction of sp³-hybridized carbons (Fsp3) is 0.111. The molecule has 1 unspecified atom stereocenters. The molecular formula is C18H14Cl2FN3O2. The smallest absolute Gasteiger partial charge is 0.292 e. The summed E-state index contributed by atoms with van der Waals surface area (Å²) in [7, 11) is 0. The molecule has 0 saturated carbocycles. The van der Waals surface area contributed by atoms with E-state index in [1.807, 2.05) is 6.07 Å². The molecule has 0 amide bonds. The molecule has 8 heteroatoms. The molecule has 2 aromatic carbocycles. The molecule has 0 spiro atoms. The Balaban J connectivity index is 1.77. The highest BCUT2D eigenvalue weighted by Crippen LogP contribution is 2.22. The Bertz CT molecular complexity index is 980. The molecule has 1 aromatic heterocycles. The number of anilines is 1. The average molecular weight is 394 g/mol. The lowest BCUT2D eigenvalue weighted by molar-refractivity contribution is 0.191. The molecule has 1 atom stereocenters. The van der Waals surface area contributed by atoms with Crippen LogP contribution in [0.1, 0.15) is 11.7 Å². The lowest BCUT2D eigenvalue weighted by atomic mass is 10.1. The first kappa shape index (κ1) is 18.4. The van der Waals surface area contributed by atoms with Gasteiger partial charge in [-0.2, -0.15) is 9.78 Å². The van der Waals surface area contributed by atoms with Gasteiger partial charge in [0.15, 0.2) is 0 Å². The van der Waals surface area contributed by atoms with Crippen LogP contribution in [0, 0.1) is 5.82 Å². The largest absolute Gasteiger partial charge is 0.387 e. The Hall–Kier alpha value is -2.41. The maximum Gasteiger partial charge on any atom is 0.292 e. The zero-order valence-corrected chi connectivity index (χ0v) is 14.9. The van der Waals surface area contributed by atoms with Gasteiger partial charge in [-0.05, 0) is 29.8 Å². The van der Waals surface area contributed by atoms with Gasteiger partial charge in [0.25, 0.3) is 5.56 Å². The fourth-order valence-electron chi connectivity index (χ4n) is 2.35. The van der Waals surface area contributed by atoms with Gasteiger partial charge in [0.1, 0.15) is 10.8 Å². The van der Waals surface area contributed by atoms with Gasteiger partial charge in [0.05, 0.1) is 28.7 Å². The zero-order valence-electron chi connectivity index (χ0n) is 13.4. The second kappa shape index (κ2) is 7.86. The van der Waals surface area contributed by atoms with E-state index in [9.17, 15) is 14.3 Å². The highest BCUT2D eigenvalue weighted by Gasteiger charge is 2.14. The van der Waals surface area contributed by atoms with E-state index in [-0.39, 0.29) is 22.3 Å². The Kier molecular flexibility index (Phi) is 5.56. The van der Waals surface area contributed by atoms with Crippen LogP contribution in [0.25, 0.3) is 5.69 Å². The van der Waals surface area contributed by atoms with Crippen molar-refractivity contribution in [1.82, 2.24) is 9.78 Å². The number of aliphatic hydroxyl groups excluding tert-OH is 1. The van der Waals surface area contributed by atoms with Gasteiger partial charge in [-0.25, -0.2) is 4.39 Å². The van der Waals surface area contributed by atoms with E-state index < -0.39 is 17.5 Å². The second-order valence-electron chi connectivity index (χ2n) is 5.49. The number of aromatic nitrogens is 2. The van der Waals surface area contributed by atoms with Crippen molar-refractivity contribution in [2.24, 2.45) is 0 Å². The molecule has 0 aliphatic carbocycles. The first-order valence-corrected chi connectivity index (χ1v) is 8.43. The van der Waals surface area contributed by atoms with Crippen molar-refractivity contribution in [2.75, 3.05) is 11.9 Å². The number of nitrogens with zero attached hydrogens (tertiary/aromatic N) is 2. The molecule has 0 fully saturated rings. The molecule has 1 heterocycles. The van der Waals surface area contributed by atoms with Crippen LogP contribution in [-0.4, -0.2) is 21.4 Å². The minimum atomic E-state index is -1.02. The SMILES string of the molecule is O=c1c(Cl)c(NCC(O)c2ccc(Cl)c(F)c2)cnn1-c1ccccc1. The van der Waals surface area contributed by atoms with Crippen LogP contribution in [0.3, 0.4) is 0 Å². The maximum atomic E-state index is 13.5. The Morgan fingerprint density at radius 3 is 2.62 bits per heavy atom. The number of benzene rings is 2. The van der Waals surface area contributed by atoms with Crippen molar-refractivity contribution in [3.8, 4) is 5.69 Å². The monoisotopic (exact) mass is 393 g/mol. The number of rotatable bonds is 5. The summed E-state index contributed by atoms with van der Waals surface area (Å²) < 4.78 is 14.7. The van der Waals surface area contributed by atoms with Gasteiger partial charge in [-0.15, -0.1) is 0 Å². The number of halogens is 3. The summed E-state index contributed by atoms with van der Waals surface area (Å²) >= 11 is 11.8. The standard InChI is InChI=1S/C18H14Cl2FN3O2/c19-13-7-6-11(8-14(13)21)16(25)10-22-15-9-23-24(18(26)17(15)20)12-4-2-1-3-5-12/h1-9,16,22,25H,10H2. The summed E-state index contributed by atoms with van der Waals surface area (Å²) in [6, 6.07) is 12.9. The lowest BCUT2D eigenvalue weighted by Crippen LogP contribution is -2.23. The van der Waals surface area contributed by atoms with Gasteiger partial charge >= 0.3 is 0 Å². The summed E-state index contributed by atoms with van der Waals surface area (Å²) in [5.74, 6) is -0.617. The molecule has 2 N–H and O–H groups in total. The molecule has 5 nitrogen and oxygen atoms in total. The Morgan fingerprint density at radius 2 is 1.92 bits per heavy atom. The van der Waals surface area contributed by atoms with Gasteiger partial charge in [0.2, 0.25) is 0 Å². The molecule has 0 bridgehead atoms. The van der Waals surface area contributed by atoms with Crippen LogP contribution in [0.15, 0.2) is 59.5 Å². The minimum Gasteiger partial charge on any atom is -0.387 e. The van der Waals surface area contributed by atoms with Crippen molar-refractivity contribution >= 4 is 28.9 Å². The summed E-state index contributed by atoms with van der Waals surface area (Å²) in [5.41, 5.74) is 0.718. The Morgan fingerprint density at radius 1 is 1.19 bits per heavy atom. The molecule has 26 heavy (non-hydrogen) atoms. The third-order valence-electron chi connectivity index (χ3n) is 3.73. The number of hydrogen-bond donors (Lipinski definition) is 2. The first-order valence-electron chi connectivity index (χ1n) is 7.67. The molecule has 0 aliphatic heterocycles. The molecule has 0 aliphatic rings. The number of hydrogen-bond acceptors (Lipinski definition) is 4. The van der Waals surface area contributed by atoms with Crippen LogP contribution in [-0.2, 0) is 0 Å². The first-order chi connectivity index (χ1) is 12.5. The zero-order chi connectivity index (χ0) is 18.7. The van der Waals surface area contributed by atoms with Crippen molar-refractivity contribution in [3.63, 3.8) is 0 Å². The van der Waals surface area contributed by atoms with Crippen LogP contribution in [0.5, 0.6) is 0 Å². The van der Waals surface area contributed by atoms with Crippen LogP contribution in [0.4, 0.5) is 10.1 Å². The number of aliphatic hydroxyl groups is 1. The molecule has 3 aromatic rings. The van der Waals surface area contributed by atoms with Gasteiger partial charge in [0, 0.05) is 6.54 Å². The van der Waals surface area contributed by atoms with E-state index in [4.69, 9.17) is 23.2 Å². The lowest BCUT2D eigenvalue weighted by Gasteiger charge is -2.15. The predicted octanol–water partition coefficient (Wildman–Crippen LogP) is 3.82. The highest BCUT2D eigenvalue weighted by atomic mass is 35.5. The number of para-hydroxylation sites is 1. The summed E-state index contributed by atoms with van der Waals surface area (Å²) in [5, 5.41) is 17.0. The molecule has 3 rings (SSSR count). The van der Waals surface area contributed by atoms with Crippen molar-refractivity contribution in [3.05, 3.63) is 86.5 Å². The van der Waals surface area contributed by atoms with Gasteiger partial charge < -0.3 is 10.4 Å². The third kappa shape index (κ3) is 3.88. The molecule has 0 radical (unpaired) electrons. The van der Waals surface area contributed by atoms with Gasteiger partial charge in [-0.1, -0.05) is 47.5 Å². The molecular weight excluding hydrogens is 380 g/mol. The van der Waals surface area contributed by atoms with Gasteiger partial charge in [-0.3, -0.25) is 4.79 Å². The normalized spacial score (nSPS) is 12.0. The fourth-order valence-corrected chi connectivity index (χ4v) is 2.67. The predicted molar refractivity (Wildman–Crippen MR) is 99.7 cm³/mol. The van der Waals surface area contributed by atoms with Crippen molar-refractivity contribution < 1.29 is 9.50 Å². The van der Waals surface area contributed by atoms with E-state index in [0.717, 1.165) is 6.07 Å². The van der Waals surface area contributed by atoms with Crippen LogP contribution in [0.2, 0.25) is 10.0 Å². The van der Waals surface area contributed by atoms with E-state index in [2.05, 4.69) is 10.4 Å². The van der Waals surface area contributed by atoms with E-state index in [1.165, 1.54) is 23.0 Å². The summed E-state index contributed by atoms with van der Waals surface area (Å²) in [4.78, 5) is 12.4. The summed E-state index contributed by atoms with van der Waals surface area (Å²) in [6.45, 7) is 0.0112. The topological polar surface area (TPSA) is 67.2 Å². The highest BCUT2D eigenvalue weighted by molar-refractivity contribution is 6.33. The van der Waals surface area contributed by atoms with Crippen LogP contribution < -0.4 is 10.9 Å². The van der Waals surface area contributed by atoms with E-state index >= 15 is 0 Å². The average Bonchev–Trinajstić information content (AvgIpc) is 2.65. The minimum absolute atomic E-state index is 0.0112. The van der Waals surface area contributed by atoms with E-state index in [0.29, 0.717) is 11.3 Å². The molecule has 0 saturated heterocycles. The van der Waals surface area contributed by atoms with Crippen LogP contribution >= 0.6 is 23.2 Å². The van der Waals surface area contributed by atoms with Crippen molar-refractivity contribution in [1.29, 1.82) is 0 Å².